The van der Waals surface area contributed by atoms with Gasteiger partial charge in [0.1, 0.15) is 5.82 Å². The summed E-state index contributed by atoms with van der Waals surface area (Å²) in [5.41, 5.74) is 2.01. The second kappa shape index (κ2) is 9.98. The Balaban J connectivity index is 1.81. The maximum absolute atomic E-state index is 13.3. The third kappa shape index (κ3) is 5.98. The van der Waals surface area contributed by atoms with Crippen molar-refractivity contribution in [3.8, 4) is 6.07 Å². The Hall–Kier alpha value is -3.54. The van der Waals surface area contributed by atoms with Gasteiger partial charge in [0.15, 0.2) is 0 Å². The fourth-order valence-corrected chi connectivity index (χ4v) is 4.31. The fourth-order valence-electron chi connectivity index (χ4n) is 2.93. The van der Waals surface area contributed by atoms with Crippen LogP contribution in [0.4, 0.5) is 10.1 Å². The van der Waals surface area contributed by atoms with Crippen molar-refractivity contribution in [1.29, 1.82) is 5.26 Å². The maximum Gasteiger partial charge on any atom is 0.243 e. The number of amides is 1. The van der Waals surface area contributed by atoms with Crippen LogP contribution in [0.3, 0.4) is 0 Å². The summed E-state index contributed by atoms with van der Waals surface area (Å²) in [5.74, 6) is -1.07. The highest BCUT2D eigenvalue weighted by atomic mass is 32.2. The average Bonchev–Trinajstić information content (AvgIpc) is 2.76. The lowest BCUT2D eigenvalue weighted by Gasteiger charge is -2.22. The molecule has 0 bridgehead atoms. The standard InChI is InChI=1S/C23H20FN3O3S/c24-20-8-12-22(13-9-20)31(29,30)27(16-19-4-2-1-3-5-19)17-23(28)26-21-10-6-18(7-11-21)14-15-25/h1-13H,14,16-17H2,(H,26,28). The van der Waals surface area contributed by atoms with Gasteiger partial charge in [-0.25, -0.2) is 12.8 Å². The number of carbonyl (C=O) groups excluding carboxylic acids is 1. The molecule has 0 atom stereocenters. The van der Waals surface area contributed by atoms with E-state index in [1.807, 2.05) is 12.1 Å². The Bertz CT molecular complexity index is 1170. The van der Waals surface area contributed by atoms with Crippen LogP contribution in [0.1, 0.15) is 11.1 Å². The third-order valence-electron chi connectivity index (χ3n) is 4.49. The molecule has 0 heterocycles. The number of hydrogen-bond donors (Lipinski definition) is 1. The zero-order chi connectivity index (χ0) is 22.3. The number of benzene rings is 3. The summed E-state index contributed by atoms with van der Waals surface area (Å²) < 4.78 is 40.6. The van der Waals surface area contributed by atoms with Crippen molar-refractivity contribution in [3.63, 3.8) is 0 Å². The van der Waals surface area contributed by atoms with E-state index in [1.165, 1.54) is 12.1 Å². The topological polar surface area (TPSA) is 90.3 Å². The summed E-state index contributed by atoms with van der Waals surface area (Å²) in [5, 5.41) is 11.4. The molecular weight excluding hydrogens is 417 g/mol. The molecule has 1 amide bonds. The second-order valence-electron chi connectivity index (χ2n) is 6.79. The molecule has 0 saturated carbocycles. The van der Waals surface area contributed by atoms with Crippen LogP contribution < -0.4 is 5.32 Å². The fraction of sp³-hybridized carbons (Fsp3) is 0.130. The molecule has 3 aromatic carbocycles. The van der Waals surface area contributed by atoms with E-state index in [0.717, 1.165) is 22.0 Å². The molecule has 0 aliphatic carbocycles. The molecule has 0 unspecified atom stereocenters. The Kier molecular flexibility index (Phi) is 7.13. The first-order chi connectivity index (χ1) is 14.9. The van der Waals surface area contributed by atoms with Crippen molar-refractivity contribution >= 4 is 21.6 Å². The Morgan fingerprint density at radius 1 is 0.935 bits per heavy atom. The number of hydrogen-bond acceptors (Lipinski definition) is 4. The molecule has 0 radical (unpaired) electrons. The third-order valence-corrected chi connectivity index (χ3v) is 6.30. The van der Waals surface area contributed by atoms with Crippen molar-refractivity contribution in [3.05, 3.63) is 95.8 Å². The molecule has 8 heteroatoms. The van der Waals surface area contributed by atoms with E-state index in [2.05, 4.69) is 5.32 Å². The van der Waals surface area contributed by atoms with Crippen LogP contribution in [0.5, 0.6) is 0 Å². The zero-order valence-corrected chi connectivity index (χ0v) is 17.3. The average molecular weight is 437 g/mol. The molecule has 3 rings (SSSR count). The molecular formula is C23H20FN3O3S. The van der Waals surface area contributed by atoms with Crippen molar-refractivity contribution < 1.29 is 17.6 Å². The van der Waals surface area contributed by atoms with Crippen LogP contribution >= 0.6 is 0 Å². The monoisotopic (exact) mass is 437 g/mol. The van der Waals surface area contributed by atoms with Gasteiger partial charge in [-0.15, -0.1) is 0 Å². The van der Waals surface area contributed by atoms with Gasteiger partial charge in [0, 0.05) is 12.2 Å². The molecule has 0 spiro atoms. The Labute approximate surface area is 180 Å². The largest absolute Gasteiger partial charge is 0.325 e. The van der Waals surface area contributed by atoms with Gasteiger partial charge in [0.05, 0.1) is 23.9 Å². The molecule has 1 N–H and O–H groups in total. The lowest BCUT2D eigenvalue weighted by atomic mass is 10.1. The lowest BCUT2D eigenvalue weighted by Crippen LogP contribution is -2.37. The van der Waals surface area contributed by atoms with Gasteiger partial charge in [-0.1, -0.05) is 42.5 Å². The van der Waals surface area contributed by atoms with E-state index < -0.39 is 28.3 Å². The molecule has 0 saturated heterocycles. The number of sulfonamides is 1. The number of nitrogens with zero attached hydrogens (tertiary/aromatic N) is 2. The molecule has 0 aliphatic rings. The molecule has 3 aromatic rings. The smallest absolute Gasteiger partial charge is 0.243 e. The van der Waals surface area contributed by atoms with Crippen LogP contribution in [0.15, 0.2) is 83.8 Å². The zero-order valence-electron chi connectivity index (χ0n) is 16.5. The first-order valence-corrected chi connectivity index (χ1v) is 10.9. The summed E-state index contributed by atoms with van der Waals surface area (Å²) >= 11 is 0. The number of nitrogens with one attached hydrogen (secondary N) is 1. The first-order valence-electron chi connectivity index (χ1n) is 9.44. The van der Waals surface area contributed by atoms with Crippen LogP contribution in [0.25, 0.3) is 0 Å². The normalized spacial score (nSPS) is 11.1. The Morgan fingerprint density at radius 3 is 2.19 bits per heavy atom. The van der Waals surface area contributed by atoms with Gasteiger partial charge in [0.2, 0.25) is 15.9 Å². The lowest BCUT2D eigenvalue weighted by molar-refractivity contribution is -0.116. The number of anilines is 1. The molecule has 0 fully saturated rings. The van der Waals surface area contributed by atoms with Gasteiger partial charge in [-0.3, -0.25) is 4.79 Å². The van der Waals surface area contributed by atoms with Gasteiger partial charge < -0.3 is 5.32 Å². The summed E-state index contributed by atoms with van der Waals surface area (Å²) in [4.78, 5) is 12.5. The minimum Gasteiger partial charge on any atom is -0.325 e. The highest BCUT2D eigenvalue weighted by molar-refractivity contribution is 7.89. The number of carbonyl (C=O) groups is 1. The van der Waals surface area contributed by atoms with E-state index in [0.29, 0.717) is 11.3 Å². The predicted octanol–water partition coefficient (Wildman–Crippen LogP) is 3.72. The van der Waals surface area contributed by atoms with E-state index in [4.69, 9.17) is 5.26 Å². The highest BCUT2D eigenvalue weighted by Gasteiger charge is 2.27. The SMILES string of the molecule is N#CCc1ccc(NC(=O)CN(Cc2ccccc2)S(=O)(=O)c2ccc(F)cc2)cc1. The van der Waals surface area contributed by atoms with Crippen LogP contribution in [0.2, 0.25) is 0 Å². The van der Waals surface area contributed by atoms with Gasteiger partial charge in [-0.05, 0) is 47.5 Å². The molecule has 31 heavy (non-hydrogen) atoms. The number of rotatable bonds is 8. The van der Waals surface area contributed by atoms with Gasteiger partial charge in [-0.2, -0.15) is 9.57 Å². The van der Waals surface area contributed by atoms with Crippen molar-refractivity contribution in [2.24, 2.45) is 0 Å². The van der Waals surface area contributed by atoms with Crippen molar-refractivity contribution in [1.82, 2.24) is 4.31 Å². The Morgan fingerprint density at radius 2 is 1.58 bits per heavy atom. The second-order valence-corrected chi connectivity index (χ2v) is 8.73. The van der Waals surface area contributed by atoms with Crippen LogP contribution in [-0.4, -0.2) is 25.2 Å². The number of nitriles is 1. The molecule has 158 valence electrons. The predicted molar refractivity (Wildman–Crippen MR) is 115 cm³/mol. The van der Waals surface area contributed by atoms with Crippen molar-refractivity contribution in [2.75, 3.05) is 11.9 Å². The minimum atomic E-state index is -4.05. The summed E-state index contributed by atoms with van der Waals surface area (Å²) in [7, 11) is -4.05. The number of halogens is 1. The molecule has 6 nitrogen and oxygen atoms in total. The first kappa shape index (κ1) is 22.2. The summed E-state index contributed by atoms with van der Waals surface area (Å²) in [6, 6.07) is 22.2. The summed E-state index contributed by atoms with van der Waals surface area (Å²) in [6.45, 7) is -0.441. The van der Waals surface area contributed by atoms with E-state index >= 15 is 0 Å². The molecule has 0 aromatic heterocycles. The maximum atomic E-state index is 13.3. The van der Waals surface area contributed by atoms with Gasteiger partial charge >= 0.3 is 0 Å². The summed E-state index contributed by atoms with van der Waals surface area (Å²) in [6.07, 6.45) is 0.259. The van der Waals surface area contributed by atoms with Crippen molar-refractivity contribution in [2.45, 2.75) is 17.9 Å². The quantitative estimate of drug-likeness (QED) is 0.582. The van der Waals surface area contributed by atoms with Crippen LogP contribution in [-0.2, 0) is 27.8 Å². The minimum absolute atomic E-state index is 0.0188. The van der Waals surface area contributed by atoms with Crippen LogP contribution in [0, 0.1) is 17.1 Å². The molecule has 0 aliphatic heterocycles. The van der Waals surface area contributed by atoms with E-state index in [9.17, 15) is 17.6 Å². The van der Waals surface area contributed by atoms with E-state index in [-0.39, 0.29) is 17.9 Å². The highest BCUT2D eigenvalue weighted by Crippen LogP contribution is 2.19. The van der Waals surface area contributed by atoms with Gasteiger partial charge in [0.25, 0.3) is 0 Å². The van der Waals surface area contributed by atoms with E-state index in [1.54, 1.807) is 48.5 Å².